The third-order valence-electron chi connectivity index (χ3n) is 2.90. The standard InChI is InChI=1S/C15H17Cl2N5O2/c1-9-7-13(18-5-2-6-23)21-14(19-9)22-15(24)20-10-3-4-11(16)12(17)8-10/h3-4,7-8,23H,2,5-6H2,1H3,(H3,18,19,20,21,22,24). The Morgan fingerprint density at radius 2 is 1.96 bits per heavy atom. The molecule has 1 heterocycles. The number of benzene rings is 1. The van der Waals surface area contributed by atoms with E-state index in [9.17, 15) is 4.79 Å². The van der Waals surface area contributed by atoms with Crippen LogP contribution in [-0.4, -0.2) is 34.3 Å². The van der Waals surface area contributed by atoms with Crippen molar-refractivity contribution in [2.45, 2.75) is 13.3 Å². The number of urea groups is 1. The zero-order valence-corrected chi connectivity index (χ0v) is 14.4. The number of nitrogens with zero attached hydrogens (tertiary/aromatic N) is 2. The summed E-state index contributed by atoms with van der Waals surface area (Å²) in [6, 6.07) is 6.01. The van der Waals surface area contributed by atoms with Crippen molar-refractivity contribution < 1.29 is 9.90 Å². The van der Waals surface area contributed by atoms with Gasteiger partial charge in [0.05, 0.1) is 10.0 Å². The molecule has 2 aromatic rings. The van der Waals surface area contributed by atoms with Crippen LogP contribution in [0, 0.1) is 6.92 Å². The van der Waals surface area contributed by atoms with E-state index in [1.807, 2.05) is 0 Å². The number of aliphatic hydroxyl groups excluding tert-OH is 1. The van der Waals surface area contributed by atoms with Crippen LogP contribution in [0.4, 0.5) is 22.2 Å². The molecule has 7 nitrogen and oxygen atoms in total. The van der Waals surface area contributed by atoms with E-state index in [-0.39, 0.29) is 12.6 Å². The number of aromatic nitrogens is 2. The van der Waals surface area contributed by atoms with Gasteiger partial charge in [-0.15, -0.1) is 0 Å². The second-order valence-electron chi connectivity index (χ2n) is 4.93. The topological polar surface area (TPSA) is 99.2 Å². The normalized spacial score (nSPS) is 10.3. The van der Waals surface area contributed by atoms with Gasteiger partial charge in [0.1, 0.15) is 5.82 Å². The first-order valence-electron chi connectivity index (χ1n) is 7.21. The first kappa shape index (κ1) is 18.3. The number of aliphatic hydroxyl groups is 1. The lowest BCUT2D eigenvalue weighted by Crippen LogP contribution is -2.21. The van der Waals surface area contributed by atoms with Crippen molar-refractivity contribution >= 4 is 46.7 Å². The van der Waals surface area contributed by atoms with E-state index >= 15 is 0 Å². The molecule has 128 valence electrons. The Morgan fingerprint density at radius 1 is 1.17 bits per heavy atom. The third-order valence-corrected chi connectivity index (χ3v) is 3.64. The van der Waals surface area contributed by atoms with Crippen LogP contribution in [0.25, 0.3) is 0 Å². The first-order valence-corrected chi connectivity index (χ1v) is 7.97. The van der Waals surface area contributed by atoms with Gasteiger partial charge in [0.25, 0.3) is 0 Å². The molecular formula is C15H17Cl2N5O2. The summed E-state index contributed by atoms with van der Waals surface area (Å²) in [5.74, 6) is 0.736. The van der Waals surface area contributed by atoms with Crippen molar-refractivity contribution in [1.29, 1.82) is 0 Å². The van der Waals surface area contributed by atoms with E-state index in [1.165, 1.54) is 0 Å². The molecule has 0 saturated carbocycles. The Labute approximate surface area is 149 Å². The number of rotatable bonds is 6. The van der Waals surface area contributed by atoms with Crippen LogP contribution in [-0.2, 0) is 0 Å². The number of amides is 2. The zero-order valence-electron chi connectivity index (χ0n) is 12.9. The second-order valence-corrected chi connectivity index (χ2v) is 5.74. The Bertz CT molecular complexity index is 727. The van der Waals surface area contributed by atoms with Crippen LogP contribution in [0.3, 0.4) is 0 Å². The highest BCUT2D eigenvalue weighted by molar-refractivity contribution is 6.42. The average molecular weight is 370 g/mol. The van der Waals surface area contributed by atoms with Crippen molar-refractivity contribution in [2.75, 3.05) is 29.1 Å². The molecule has 0 unspecified atom stereocenters. The monoisotopic (exact) mass is 369 g/mol. The molecule has 0 aliphatic carbocycles. The molecule has 0 radical (unpaired) electrons. The quantitative estimate of drug-likeness (QED) is 0.583. The van der Waals surface area contributed by atoms with Gasteiger partial charge in [-0.05, 0) is 31.5 Å². The van der Waals surface area contributed by atoms with Crippen molar-refractivity contribution in [2.24, 2.45) is 0 Å². The van der Waals surface area contributed by atoms with Gasteiger partial charge in [0.2, 0.25) is 5.95 Å². The van der Waals surface area contributed by atoms with E-state index in [4.69, 9.17) is 28.3 Å². The molecule has 0 atom stereocenters. The van der Waals surface area contributed by atoms with Crippen molar-refractivity contribution in [1.82, 2.24) is 9.97 Å². The lowest BCUT2D eigenvalue weighted by atomic mass is 10.3. The van der Waals surface area contributed by atoms with Gasteiger partial charge in [-0.1, -0.05) is 23.2 Å². The molecule has 0 fully saturated rings. The Kier molecular flexibility index (Phi) is 6.60. The second kappa shape index (κ2) is 8.68. The van der Waals surface area contributed by atoms with Gasteiger partial charge in [-0.2, -0.15) is 4.98 Å². The van der Waals surface area contributed by atoms with Crippen LogP contribution in [0.1, 0.15) is 12.1 Å². The third kappa shape index (κ3) is 5.52. The molecule has 9 heteroatoms. The van der Waals surface area contributed by atoms with Gasteiger partial charge < -0.3 is 15.7 Å². The van der Waals surface area contributed by atoms with Crippen molar-refractivity contribution in [3.05, 3.63) is 40.0 Å². The molecule has 0 aliphatic rings. The minimum Gasteiger partial charge on any atom is -0.396 e. The molecule has 24 heavy (non-hydrogen) atoms. The van der Waals surface area contributed by atoms with E-state index < -0.39 is 6.03 Å². The lowest BCUT2D eigenvalue weighted by molar-refractivity contribution is 0.262. The molecule has 0 aliphatic heterocycles. The highest BCUT2D eigenvalue weighted by atomic mass is 35.5. The molecule has 0 saturated heterocycles. The smallest absolute Gasteiger partial charge is 0.326 e. The Morgan fingerprint density at radius 3 is 2.67 bits per heavy atom. The maximum atomic E-state index is 12.0. The van der Waals surface area contributed by atoms with Gasteiger partial charge in [0.15, 0.2) is 0 Å². The fourth-order valence-corrected chi connectivity index (χ4v) is 2.15. The summed E-state index contributed by atoms with van der Waals surface area (Å²) < 4.78 is 0. The number of anilines is 3. The minimum atomic E-state index is -0.500. The van der Waals surface area contributed by atoms with E-state index in [2.05, 4.69) is 25.9 Å². The number of carbonyl (C=O) groups excluding carboxylic acids is 1. The molecule has 4 N–H and O–H groups in total. The summed E-state index contributed by atoms with van der Waals surface area (Å²) in [7, 11) is 0. The van der Waals surface area contributed by atoms with Gasteiger partial charge in [-0.3, -0.25) is 5.32 Å². The number of hydrogen-bond donors (Lipinski definition) is 4. The highest BCUT2D eigenvalue weighted by Crippen LogP contribution is 2.25. The fraction of sp³-hybridized carbons (Fsp3) is 0.267. The molecular weight excluding hydrogens is 353 g/mol. The first-order chi connectivity index (χ1) is 11.5. The molecule has 0 bridgehead atoms. The highest BCUT2D eigenvalue weighted by Gasteiger charge is 2.08. The van der Waals surface area contributed by atoms with E-state index in [0.29, 0.717) is 40.2 Å². The predicted molar refractivity (Wildman–Crippen MR) is 96.1 cm³/mol. The fourth-order valence-electron chi connectivity index (χ4n) is 1.85. The summed E-state index contributed by atoms with van der Waals surface area (Å²) in [4.78, 5) is 20.4. The van der Waals surface area contributed by atoms with Gasteiger partial charge in [-0.25, -0.2) is 9.78 Å². The summed E-state index contributed by atoms with van der Waals surface area (Å²) in [5, 5.41) is 17.8. The van der Waals surface area contributed by atoms with Gasteiger partial charge >= 0.3 is 6.03 Å². The summed E-state index contributed by atoms with van der Waals surface area (Å²) in [6.45, 7) is 2.46. The van der Waals surface area contributed by atoms with Crippen LogP contribution < -0.4 is 16.0 Å². The SMILES string of the molecule is Cc1cc(NCCCO)nc(NC(=O)Nc2ccc(Cl)c(Cl)c2)n1. The number of aryl methyl sites for hydroxylation is 1. The molecule has 1 aromatic heterocycles. The van der Waals surface area contributed by atoms with E-state index in [1.54, 1.807) is 31.2 Å². The summed E-state index contributed by atoms with van der Waals surface area (Å²) in [6.07, 6.45) is 0.601. The molecule has 2 rings (SSSR count). The summed E-state index contributed by atoms with van der Waals surface area (Å²) in [5.41, 5.74) is 1.19. The zero-order chi connectivity index (χ0) is 17.5. The van der Waals surface area contributed by atoms with E-state index in [0.717, 1.165) is 0 Å². The molecule has 2 amide bonds. The Balaban J connectivity index is 2.01. The maximum absolute atomic E-state index is 12.0. The predicted octanol–water partition coefficient (Wildman–Crippen LogP) is 3.53. The van der Waals surface area contributed by atoms with Crippen LogP contribution in [0.15, 0.2) is 24.3 Å². The average Bonchev–Trinajstić information content (AvgIpc) is 2.50. The number of halogens is 2. The number of nitrogens with one attached hydrogen (secondary N) is 3. The van der Waals surface area contributed by atoms with Crippen molar-refractivity contribution in [3.8, 4) is 0 Å². The number of carbonyl (C=O) groups is 1. The molecule has 0 spiro atoms. The maximum Gasteiger partial charge on any atom is 0.326 e. The van der Waals surface area contributed by atoms with Gasteiger partial charge in [0, 0.05) is 30.6 Å². The largest absolute Gasteiger partial charge is 0.396 e. The van der Waals surface area contributed by atoms with Crippen molar-refractivity contribution in [3.63, 3.8) is 0 Å². The Hall–Kier alpha value is -2.09. The number of hydrogen-bond acceptors (Lipinski definition) is 5. The molecule has 1 aromatic carbocycles. The van der Waals surface area contributed by atoms with Crippen LogP contribution >= 0.6 is 23.2 Å². The minimum absolute atomic E-state index is 0.0915. The van der Waals surface area contributed by atoms with Crippen LogP contribution in [0.5, 0.6) is 0 Å². The summed E-state index contributed by atoms with van der Waals surface area (Å²) >= 11 is 11.7. The van der Waals surface area contributed by atoms with Crippen LogP contribution in [0.2, 0.25) is 10.0 Å². The lowest BCUT2D eigenvalue weighted by Gasteiger charge is -2.10.